The first-order valence-corrected chi connectivity index (χ1v) is 10.2. The Hall–Kier alpha value is -3.21. The van der Waals surface area contributed by atoms with Gasteiger partial charge in [0.2, 0.25) is 5.91 Å². The number of carbonyl (C=O) groups excluding carboxylic acids is 1. The fourth-order valence-corrected chi connectivity index (χ4v) is 4.24. The molecule has 1 saturated carbocycles. The maximum atomic E-state index is 11.8. The molecule has 1 aliphatic carbocycles. The van der Waals surface area contributed by atoms with Crippen LogP contribution >= 0.6 is 0 Å². The lowest BCUT2D eigenvalue weighted by atomic mass is 9.96. The zero-order valence-corrected chi connectivity index (χ0v) is 16.4. The number of aromatic nitrogens is 2. The fourth-order valence-electron chi connectivity index (χ4n) is 4.24. The van der Waals surface area contributed by atoms with Crippen molar-refractivity contribution in [3.8, 4) is 11.1 Å². The number of piperazine rings is 1. The van der Waals surface area contributed by atoms with E-state index in [0.717, 1.165) is 29.8 Å². The Balaban J connectivity index is 1.46. The van der Waals surface area contributed by atoms with Crippen LogP contribution in [0.4, 0.5) is 5.82 Å². The van der Waals surface area contributed by atoms with Gasteiger partial charge in [-0.3, -0.25) is 4.79 Å². The molecule has 5 nitrogen and oxygen atoms in total. The third-order valence-electron chi connectivity index (χ3n) is 5.97. The molecule has 1 saturated heterocycles. The Morgan fingerprint density at radius 3 is 2.59 bits per heavy atom. The molecule has 2 fully saturated rings. The van der Waals surface area contributed by atoms with E-state index in [1.54, 1.807) is 6.33 Å². The Labute approximate surface area is 170 Å². The lowest BCUT2D eigenvalue weighted by Crippen LogP contribution is -2.48. The molecule has 0 bridgehead atoms. The minimum atomic E-state index is -0.00355. The van der Waals surface area contributed by atoms with Crippen molar-refractivity contribution in [2.45, 2.75) is 18.8 Å². The number of hydrogen-bond acceptors (Lipinski definition) is 4. The minimum absolute atomic E-state index is 0.00355. The molecule has 2 heterocycles. The van der Waals surface area contributed by atoms with Gasteiger partial charge >= 0.3 is 0 Å². The van der Waals surface area contributed by atoms with E-state index in [4.69, 9.17) is 0 Å². The second-order valence-corrected chi connectivity index (χ2v) is 7.81. The standard InChI is InChI=1S/C24H24N4O/c1-2-23(29)27-11-13-28(14-12-27)24-21-10-9-18(15-22(21)25-16-26-24)20-6-4-3-5-19(20)17-7-8-17/h2-6,9-10,15-17H,1,7-8,11-14H2. The van der Waals surface area contributed by atoms with E-state index < -0.39 is 0 Å². The normalized spacial score (nSPS) is 16.8. The highest BCUT2D eigenvalue weighted by molar-refractivity contribution is 5.93. The van der Waals surface area contributed by atoms with Gasteiger partial charge in [-0.2, -0.15) is 0 Å². The number of hydrogen-bond donors (Lipinski definition) is 0. The van der Waals surface area contributed by atoms with Crippen molar-refractivity contribution in [3.63, 3.8) is 0 Å². The SMILES string of the molecule is C=CC(=O)N1CCN(c2ncnc3cc(-c4ccccc4C4CC4)ccc23)CC1. The van der Waals surface area contributed by atoms with E-state index in [0.29, 0.717) is 19.0 Å². The first-order chi connectivity index (χ1) is 14.2. The smallest absolute Gasteiger partial charge is 0.246 e. The Kier molecular flexibility index (Phi) is 4.51. The van der Waals surface area contributed by atoms with Crippen LogP contribution in [0.2, 0.25) is 0 Å². The molecule has 0 atom stereocenters. The number of amides is 1. The first-order valence-electron chi connectivity index (χ1n) is 10.2. The molecule has 0 N–H and O–H groups in total. The zero-order chi connectivity index (χ0) is 19.8. The summed E-state index contributed by atoms with van der Waals surface area (Å²) < 4.78 is 0. The average molecular weight is 384 g/mol. The number of benzene rings is 2. The summed E-state index contributed by atoms with van der Waals surface area (Å²) in [5.74, 6) is 1.65. The summed E-state index contributed by atoms with van der Waals surface area (Å²) in [6.07, 6.45) is 5.61. The van der Waals surface area contributed by atoms with Crippen molar-refractivity contribution in [2.24, 2.45) is 0 Å². The number of carbonyl (C=O) groups is 1. The molecule has 146 valence electrons. The molecular weight excluding hydrogens is 360 g/mol. The summed E-state index contributed by atoms with van der Waals surface area (Å²) in [7, 11) is 0. The first kappa shape index (κ1) is 17.9. The highest BCUT2D eigenvalue weighted by atomic mass is 16.2. The second-order valence-electron chi connectivity index (χ2n) is 7.81. The topological polar surface area (TPSA) is 49.3 Å². The summed E-state index contributed by atoms with van der Waals surface area (Å²) in [5, 5.41) is 1.06. The molecule has 5 heteroatoms. The maximum absolute atomic E-state index is 11.8. The predicted octanol–water partition coefficient (Wildman–Crippen LogP) is 4.01. The van der Waals surface area contributed by atoms with Gasteiger partial charge in [-0.15, -0.1) is 0 Å². The molecule has 0 radical (unpaired) electrons. The van der Waals surface area contributed by atoms with Crippen LogP contribution in [0.25, 0.3) is 22.0 Å². The van der Waals surface area contributed by atoms with Crippen LogP contribution in [-0.4, -0.2) is 47.0 Å². The number of anilines is 1. The summed E-state index contributed by atoms with van der Waals surface area (Å²) >= 11 is 0. The van der Waals surface area contributed by atoms with Gasteiger partial charge in [0, 0.05) is 31.6 Å². The summed E-state index contributed by atoms with van der Waals surface area (Å²) in [4.78, 5) is 25.0. The molecule has 29 heavy (non-hydrogen) atoms. The van der Waals surface area contributed by atoms with Crippen molar-refractivity contribution in [3.05, 3.63) is 67.0 Å². The van der Waals surface area contributed by atoms with Crippen molar-refractivity contribution < 1.29 is 4.79 Å². The molecule has 1 amide bonds. The Bertz CT molecular complexity index is 1080. The van der Waals surface area contributed by atoms with Crippen molar-refractivity contribution >= 4 is 22.6 Å². The maximum Gasteiger partial charge on any atom is 0.246 e. The molecule has 3 aromatic rings. The van der Waals surface area contributed by atoms with Gasteiger partial charge in [-0.25, -0.2) is 9.97 Å². The van der Waals surface area contributed by atoms with Gasteiger partial charge < -0.3 is 9.80 Å². The summed E-state index contributed by atoms with van der Waals surface area (Å²) in [5.41, 5.74) is 4.94. The van der Waals surface area contributed by atoms with Crippen LogP contribution in [0.5, 0.6) is 0 Å². The molecular formula is C24H24N4O. The second kappa shape index (κ2) is 7.32. The van der Waals surface area contributed by atoms with Gasteiger partial charge in [-0.1, -0.05) is 36.9 Å². The molecule has 2 aliphatic rings. The van der Waals surface area contributed by atoms with E-state index in [1.165, 1.54) is 35.6 Å². The summed E-state index contributed by atoms with van der Waals surface area (Å²) in [6.45, 7) is 6.47. The quantitative estimate of drug-likeness (QED) is 0.638. The molecule has 1 aromatic heterocycles. The fraction of sp³-hybridized carbons (Fsp3) is 0.292. The lowest BCUT2D eigenvalue weighted by molar-refractivity contribution is -0.126. The predicted molar refractivity (Wildman–Crippen MR) is 116 cm³/mol. The highest BCUT2D eigenvalue weighted by Crippen LogP contribution is 2.44. The molecule has 2 aromatic carbocycles. The van der Waals surface area contributed by atoms with Crippen molar-refractivity contribution in [1.29, 1.82) is 0 Å². The van der Waals surface area contributed by atoms with Crippen molar-refractivity contribution in [2.75, 3.05) is 31.1 Å². The molecule has 1 aliphatic heterocycles. The Morgan fingerprint density at radius 1 is 1.03 bits per heavy atom. The van der Waals surface area contributed by atoms with Crippen LogP contribution in [-0.2, 0) is 4.79 Å². The van der Waals surface area contributed by atoms with Crippen LogP contribution in [0.1, 0.15) is 24.3 Å². The van der Waals surface area contributed by atoms with E-state index >= 15 is 0 Å². The Morgan fingerprint density at radius 2 is 1.83 bits per heavy atom. The zero-order valence-electron chi connectivity index (χ0n) is 16.4. The number of nitrogens with zero attached hydrogens (tertiary/aromatic N) is 4. The van der Waals surface area contributed by atoms with Gasteiger partial charge in [0.05, 0.1) is 5.52 Å². The van der Waals surface area contributed by atoms with Crippen LogP contribution < -0.4 is 4.90 Å². The average Bonchev–Trinajstić information content (AvgIpc) is 3.63. The van der Waals surface area contributed by atoms with Crippen LogP contribution in [0.3, 0.4) is 0 Å². The van der Waals surface area contributed by atoms with Gasteiger partial charge in [-0.05, 0) is 53.7 Å². The highest BCUT2D eigenvalue weighted by Gasteiger charge is 2.26. The van der Waals surface area contributed by atoms with E-state index in [-0.39, 0.29) is 5.91 Å². The third-order valence-corrected chi connectivity index (χ3v) is 5.97. The van der Waals surface area contributed by atoms with Crippen LogP contribution in [0.15, 0.2) is 61.4 Å². The van der Waals surface area contributed by atoms with Gasteiger partial charge in [0.25, 0.3) is 0 Å². The number of rotatable bonds is 4. The largest absolute Gasteiger partial charge is 0.352 e. The molecule has 0 unspecified atom stereocenters. The van der Waals surface area contributed by atoms with Crippen LogP contribution in [0, 0.1) is 0 Å². The van der Waals surface area contributed by atoms with Crippen molar-refractivity contribution in [1.82, 2.24) is 14.9 Å². The van der Waals surface area contributed by atoms with E-state index in [1.807, 2.05) is 4.90 Å². The summed E-state index contributed by atoms with van der Waals surface area (Å²) in [6, 6.07) is 15.2. The minimum Gasteiger partial charge on any atom is -0.352 e. The third kappa shape index (κ3) is 3.37. The molecule has 0 spiro atoms. The van der Waals surface area contributed by atoms with E-state index in [2.05, 4.69) is 63.9 Å². The van der Waals surface area contributed by atoms with Gasteiger partial charge in [0.1, 0.15) is 12.1 Å². The lowest BCUT2D eigenvalue weighted by Gasteiger charge is -2.35. The molecule has 5 rings (SSSR count). The number of fused-ring (bicyclic) bond motifs is 1. The van der Waals surface area contributed by atoms with E-state index in [9.17, 15) is 4.79 Å². The van der Waals surface area contributed by atoms with Gasteiger partial charge in [0.15, 0.2) is 0 Å². The monoisotopic (exact) mass is 384 g/mol.